The van der Waals surface area contributed by atoms with Crippen LogP contribution in [-0.4, -0.2) is 29.4 Å². The number of halogens is 1. The van der Waals surface area contributed by atoms with Gasteiger partial charge >= 0.3 is 0 Å². The Labute approximate surface area is 121 Å². The molecule has 0 aliphatic rings. The molecule has 0 radical (unpaired) electrons. The highest BCUT2D eigenvalue weighted by molar-refractivity contribution is 6.30. The maximum Gasteiger partial charge on any atom is 0.262 e. The molecule has 1 aromatic heterocycles. The second kappa shape index (κ2) is 6.93. The number of nitrogens with zero attached hydrogens (tertiary/aromatic N) is 2. The lowest BCUT2D eigenvalue weighted by Gasteiger charge is -2.06. The van der Waals surface area contributed by atoms with E-state index in [9.17, 15) is 4.79 Å². The summed E-state index contributed by atoms with van der Waals surface area (Å²) in [5, 5.41) is 7.30. The Balaban J connectivity index is 1.81. The monoisotopic (exact) mass is 295 g/mol. The lowest BCUT2D eigenvalue weighted by atomic mass is 10.3. The van der Waals surface area contributed by atoms with Crippen LogP contribution in [0, 0.1) is 0 Å². The van der Waals surface area contributed by atoms with Crippen LogP contribution in [0.15, 0.2) is 36.7 Å². The van der Waals surface area contributed by atoms with E-state index in [-0.39, 0.29) is 12.5 Å². The van der Waals surface area contributed by atoms with Gasteiger partial charge in [0.25, 0.3) is 5.91 Å². The highest BCUT2D eigenvalue weighted by Gasteiger charge is 2.05. The Kier molecular flexibility index (Phi) is 4.97. The van der Waals surface area contributed by atoms with Crippen molar-refractivity contribution in [3.63, 3.8) is 0 Å². The molecule has 20 heavy (non-hydrogen) atoms. The number of carbonyl (C=O) groups is 1. The van der Waals surface area contributed by atoms with Gasteiger partial charge in [-0.1, -0.05) is 11.6 Å². The molecule has 2 aromatic rings. The molecule has 7 heteroatoms. The van der Waals surface area contributed by atoms with E-state index in [0.29, 0.717) is 23.2 Å². The first-order valence-electron chi connectivity index (χ1n) is 5.87. The Morgan fingerprint density at radius 2 is 2.15 bits per heavy atom. The Morgan fingerprint density at radius 3 is 2.85 bits per heavy atom. The quantitative estimate of drug-likeness (QED) is 0.887. The zero-order valence-electron chi connectivity index (χ0n) is 10.9. The molecule has 0 bridgehead atoms. The predicted octanol–water partition coefficient (Wildman–Crippen LogP) is 2.16. The molecule has 0 saturated carbocycles. The summed E-state index contributed by atoms with van der Waals surface area (Å²) < 4.78 is 11.8. The van der Waals surface area contributed by atoms with Gasteiger partial charge in [0.1, 0.15) is 12.5 Å². The summed E-state index contributed by atoms with van der Waals surface area (Å²) in [6.45, 7) is 0.244. The fourth-order valence-corrected chi connectivity index (χ4v) is 1.63. The lowest BCUT2D eigenvalue weighted by Crippen LogP contribution is -2.19. The largest absolute Gasteiger partial charge is 0.484 e. The molecule has 0 atom stereocenters. The predicted molar refractivity (Wildman–Crippen MR) is 74.8 cm³/mol. The van der Waals surface area contributed by atoms with Crippen molar-refractivity contribution >= 4 is 23.2 Å². The molecule has 1 amide bonds. The molecule has 106 valence electrons. The van der Waals surface area contributed by atoms with Crippen molar-refractivity contribution in [1.82, 2.24) is 9.78 Å². The normalized spacial score (nSPS) is 10.3. The van der Waals surface area contributed by atoms with Gasteiger partial charge in [0.05, 0.1) is 18.1 Å². The smallest absolute Gasteiger partial charge is 0.262 e. The number of ether oxygens (including phenoxy) is 2. The van der Waals surface area contributed by atoms with Gasteiger partial charge < -0.3 is 14.8 Å². The van der Waals surface area contributed by atoms with Gasteiger partial charge in [0.15, 0.2) is 6.61 Å². The minimum absolute atomic E-state index is 0.0862. The highest BCUT2D eigenvalue weighted by atomic mass is 35.5. The summed E-state index contributed by atoms with van der Waals surface area (Å²) in [5.41, 5.74) is 0.590. The average molecular weight is 296 g/mol. The Bertz CT molecular complexity index is 568. The summed E-state index contributed by atoms with van der Waals surface area (Å²) in [6.07, 6.45) is 3.21. The first-order chi connectivity index (χ1) is 9.67. The summed E-state index contributed by atoms with van der Waals surface area (Å²) in [7, 11) is 1.57. The molecule has 1 N–H and O–H groups in total. The number of aromatic nitrogens is 2. The van der Waals surface area contributed by atoms with Crippen molar-refractivity contribution < 1.29 is 14.3 Å². The Hall–Kier alpha value is -2.05. The standard InChI is InChI=1S/C13H14ClN3O3/c1-19-9-17-7-11(6-15-17)16-13(18)8-20-12-4-2-10(14)3-5-12/h2-7H,8-9H2,1H3,(H,16,18). The topological polar surface area (TPSA) is 65.4 Å². The second-order valence-electron chi connectivity index (χ2n) is 3.98. The number of hydrogen-bond acceptors (Lipinski definition) is 4. The molecule has 6 nitrogen and oxygen atoms in total. The number of anilines is 1. The maximum absolute atomic E-state index is 11.7. The van der Waals surface area contributed by atoms with Crippen LogP contribution in [0.2, 0.25) is 5.02 Å². The number of rotatable bonds is 6. The number of nitrogens with one attached hydrogen (secondary N) is 1. The molecule has 0 saturated heterocycles. The van der Waals surface area contributed by atoms with Gasteiger partial charge in [-0.2, -0.15) is 5.10 Å². The van der Waals surface area contributed by atoms with Crippen molar-refractivity contribution in [2.45, 2.75) is 6.73 Å². The first kappa shape index (κ1) is 14.4. The molecular formula is C13H14ClN3O3. The first-order valence-corrected chi connectivity index (χ1v) is 6.25. The molecule has 2 rings (SSSR count). The highest BCUT2D eigenvalue weighted by Crippen LogP contribution is 2.15. The van der Waals surface area contributed by atoms with Crippen molar-refractivity contribution in [2.24, 2.45) is 0 Å². The van der Waals surface area contributed by atoms with Crippen LogP contribution < -0.4 is 10.1 Å². The van der Waals surface area contributed by atoms with Crippen LogP contribution in [0.3, 0.4) is 0 Å². The second-order valence-corrected chi connectivity index (χ2v) is 4.41. The molecule has 0 aliphatic heterocycles. The van der Waals surface area contributed by atoms with Gasteiger partial charge in [0, 0.05) is 12.1 Å². The van der Waals surface area contributed by atoms with E-state index in [4.69, 9.17) is 21.1 Å². The van der Waals surface area contributed by atoms with Crippen LogP contribution in [0.25, 0.3) is 0 Å². The lowest BCUT2D eigenvalue weighted by molar-refractivity contribution is -0.118. The van der Waals surface area contributed by atoms with E-state index in [1.54, 1.807) is 48.5 Å². The average Bonchev–Trinajstić information content (AvgIpc) is 2.86. The van der Waals surface area contributed by atoms with E-state index in [2.05, 4.69) is 10.4 Å². The zero-order chi connectivity index (χ0) is 14.4. The van der Waals surface area contributed by atoms with Crippen molar-refractivity contribution in [2.75, 3.05) is 19.0 Å². The van der Waals surface area contributed by atoms with E-state index in [1.807, 2.05) is 0 Å². The SMILES string of the molecule is COCn1cc(NC(=O)COc2ccc(Cl)cc2)cn1. The molecule has 1 aromatic carbocycles. The Morgan fingerprint density at radius 1 is 1.40 bits per heavy atom. The zero-order valence-corrected chi connectivity index (χ0v) is 11.6. The van der Waals surface area contributed by atoms with Crippen molar-refractivity contribution in [3.8, 4) is 5.75 Å². The fourth-order valence-electron chi connectivity index (χ4n) is 1.51. The number of amides is 1. The van der Waals surface area contributed by atoms with Gasteiger partial charge in [-0.3, -0.25) is 4.79 Å². The number of benzene rings is 1. The minimum Gasteiger partial charge on any atom is -0.484 e. The summed E-state index contributed by atoms with van der Waals surface area (Å²) in [4.78, 5) is 11.7. The summed E-state index contributed by atoms with van der Waals surface area (Å²) in [6, 6.07) is 6.80. The molecule has 0 aliphatic carbocycles. The molecule has 0 fully saturated rings. The van der Waals surface area contributed by atoms with E-state index in [1.165, 1.54) is 0 Å². The van der Waals surface area contributed by atoms with Crippen molar-refractivity contribution in [1.29, 1.82) is 0 Å². The number of hydrogen-bond donors (Lipinski definition) is 1. The van der Waals surface area contributed by atoms with Crippen LogP contribution in [0.4, 0.5) is 5.69 Å². The molecule has 0 spiro atoms. The van der Waals surface area contributed by atoms with Gasteiger partial charge in [-0.25, -0.2) is 4.68 Å². The van der Waals surface area contributed by atoms with E-state index < -0.39 is 0 Å². The summed E-state index contributed by atoms with van der Waals surface area (Å²) in [5.74, 6) is 0.316. The van der Waals surface area contributed by atoms with Crippen LogP contribution in [0.1, 0.15) is 0 Å². The third-order valence-corrected chi connectivity index (χ3v) is 2.61. The van der Waals surface area contributed by atoms with Gasteiger partial charge in [-0.15, -0.1) is 0 Å². The van der Waals surface area contributed by atoms with Crippen LogP contribution in [-0.2, 0) is 16.3 Å². The molecule has 1 heterocycles. The number of methoxy groups -OCH3 is 1. The van der Waals surface area contributed by atoms with Gasteiger partial charge in [-0.05, 0) is 24.3 Å². The third-order valence-electron chi connectivity index (χ3n) is 2.36. The molecular weight excluding hydrogens is 282 g/mol. The van der Waals surface area contributed by atoms with E-state index >= 15 is 0 Å². The van der Waals surface area contributed by atoms with Crippen LogP contribution >= 0.6 is 11.6 Å². The van der Waals surface area contributed by atoms with Crippen LogP contribution in [0.5, 0.6) is 5.75 Å². The maximum atomic E-state index is 11.7. The fraction of sp³-hybridized carbons (Fsp3) is 0.231. The van der Waals surface area contributed by atoms with Gasteiger partial charge in [0.2, 0.25) is 0 Å². The summed E-state index contributed by atoms with van der Waals surface area (Å²) >= 11 is 5.76. The van der Waals surface area contributed by atoms with Crippen molar-refractivity contribution in [3.05, 3.63) is 41.7 Å². The minimum atomic E-state index is -0.267. The van der Waals surface area contributed by atoms with E-state index in [0.717, 1.165) is 0 Å². The molecule has 0 unspecified atom stereocenters. The number of carbonyl (C=O) groups excluding carboxylic acids is 1. The third kappa shape index (κ3) is 4.25.